The molecule has 7 heteroatoms. The summed E-state index contributed by atoms with van der Waals surface area (Å²) >= 11 is 1.47. The van der Waals surface area contributed by atoms with E-state index in [1.165, 1.54) is 17.7 Å². The van der Waals surface area contributed by atoms with Gasteiger partial charge in [0, 0.05) is 12.1 Å². The van der Waals surface area contributed by atoms with Gasteiger partial charge in [-0.05, 0) is 50.7 Å². The first-order valence-electron chi connectivity index (χ1n) is 7.98. The SMILES string of the molecule is CN1CCC(C(=O)Nc2ncc(-c3ccc4ncoc4c3)s2)CC1. The quantitative estimate of drug-likeness (QED) is 0.791. The number of thiazole rings is 1. The molecule has 1 N–H and O–H groups in total. The van der Waals surface area contributed by atoms with E-state index in [0.717, 1.165) is 47.5 Å². The molecule has 3 aromatic rings. The van der Waals surface area contributed by atoms with Gasteiger partial charge in [0.05, 0.1) is 4.88 Å². The zero-order valence-corrected chi connectivity index (χ0v) is 14.2. The number of nitrogens with zero attached hydrogens (tertiary/aromatic N) is 3. The van der Waals surface area contributed by atoms with Gasteiger partial charge in [-0.25, -0.2) is 9.97 Å². The molecule has 24 heavy (non-hydrogen) atoms. The Kier molecular flexibility index (Phi) is 4.03. The van der Waals surface area contributed by atoms with Crippen molar-refractivity contribution >= 4 is 33.5 Å². The van der Waals surface area contributed by atoms with Crippen LogP contribution in [0.1, 0.15) is 12.8 Å². The molecule has 1 aliphatic rings. The minimum absolute atomic E-state index is 0.0784. The first-order valence-corrected chi connectivity index (χ1v) is 8.79. The van der Waals surface area contributed by atoms with E-state index in [1.807, 2.05) is 18.2 Å². The first kappa shape index (κ1) is 15.3. The molecule has 0 radical (unpaired) electrons. The largest absolute Gasteiger partial charge is 0.443 e. The standard InChI is InChI=1S/C17H18N4O2S/c1-21-6-4-11(5-7-21)16(22)20-17-18-9-15(24-17)12-2-3-13-14(8-12)23-10-19-13/h2-3,8-11H,4-7H2,1H3,(H,18,20,22). The number of rotatable bonds is 3. The average molecular weight is 342 g/mol. The number of hydrogen-bond donors (Lipinski definition) is 1. The Labute approximate surface area is 143 Å². The van der Waals surface area contributed by atoms with Crippen molar-refractivity contribution in [2.45, 2.75) is 12.8 Å². The summed E-state index contributed by atoms with van der Waals surface area (Å²) in [6.45, 7) is 1.94. The number of fused-ring (bicyclic) bond motifs is 1. The third-order valence-corrected chi connectivity index (χ3v) is 5.40. The van der Waals surface area contributed by atoms with Crippen LogP contribution in [0.4, 0.5) is 5.13 Å². The van der Waals surface area contributed by atoms with Crippen LogP contribution in [-0.2, 0) is 4.79 Å². The molecular weight excluding hydrogens is 324 g/mol. The van der Waals surface area contributed by atoms with Crippen molar-refractivity contribution in [2.75, 3.05) is 25.5 Å². The lowest BCUT2D eigenvalue weighted by atomic mass is 9.96. The zero-order valence-electron chi connectivity index (χ0n) is 13.4. The van der Waals surface area contributed by atoms with Gasteiger partial charge in [-0.2, -0.15) is 0 Å². The van der Waals surface area contributed by atoms with Crippen LogP contribution >= 0.6 is 11.3 Å². The number of hydrogen-bond acceptors (Lipinski definition) is 6. The van der Waals surface area contributed by atoms with Crippen LogP contribution in [0, 0.1) is 5.92 Å². The van der Waals surface area contributed by atoms with Crippen molar-refractivity contribution in [1.29, 1.82) is 0 Å². The van der Waals surface area contributed by atoms with Crippen LogP contribution in [0.2, 0.25) is 0 Å². The fourth-order valence-electron chi connectivity index (χ4n) is 2.95. The first-order chi connectivity index (χ1) is 11.7. The van der Waals surface area contributed by atoms with Gasteiger partial charge >= 0.3 is 0 Å². The molecule has 1 aromatic carbocycles. The van der Waals surface area contributed by atoms with Crippen LogP contribution in [-0.4, -0.2) is 40.9 Å². The van der Waals surface area contributed by atoms with E-state index in [-0.39, 0.29) is 11.8 Å². The van der Waals surface area contributed by atoms with E-state index in [2.05, 4.69) is 27.2 Å². The summed E-state index contributed by atoms with van der Waals surface area (Å²) in [5, 5.41) is 3.61. The Morgan fingerprint density at radius 2 is 2.17 bits per heavy atom. The summed E-state index contributed by atoms with van der Waals surface area (Å²) in [5.74, 6) is 0.161. The van der Waals surface area contributed by atoms with Gasteiger partial charge in [0.1, 0.15) is 5.52 Å². The van der Waals surface area contributed by atoms with Crippen LogP contribution in [0.3, 0.4) is 0 Å². The predicted octanol–water partition coefficient (Wildman–Crippen LogP) is 3.23. The van der Waals surface area contributed by atoms with E-state index >= 15 is 0 Å². The van der Waals surface area contributed by atoms with Crippen LogP contribution in [0.25, 0.3) is 21.5 Å². The number of carbonyl (C=O) groups excluding carboxylic acids is 1. The topological polar surface area (TPSA) is 71.3 Å². The average Bonchev–Trinajstić information content (AvgIpc) is 3.23. The van der Waals surface area contributed by atoms with Crippen molar-refractivity contribution in [1.82, 2.24) is 14.9 Å². The summed E-state index contributed by atoms with van der Waals surface area (Å²) in [6.07, 6.45) is 5.03. The molecule has 0 saturated carbocycles. The highest BCUT2D eigenvalue weighted by Crippen LogP contribution is 2.31. The Morgan fingerprint density at radius 1 is 1.33 bits per heavy atom. The number of anilines is 1. The molecule has 0 bridgehead atoms. The maximum absolute atomic E-state index is 12.4. The van der Waals surface area contributed by atoms with Gasteiger partial charge in [-0.15, -0.1) is 0 Å². The molecule has 0 spiro atoms. The van der Waals surface area contributed by atoms with Crippen LogP contribution < -0.4 is 5.32 Å². The predicted molar refractivity (Wildman–Crippen MR) is 94.0 cm³/mol. The van der Waals surface area contributed by atoms with E-state index < -0.39 is 0 Å². The van der Waals surface area contributed by atoms with Crippen molar-refractivity contribution in [2.24, 2.45) is 5.92 Å². The van der Waals surface area contributed by atoms with Gasteiger partial charge < -0.3 is 14.6 Å². The summed E-state index contributed by atoms with van der Waals surface area (Å²) < 4.78 is 5.34. The number of piperidine rings is 1. The minimum Gasteiger partial charge on any atom is -0.443 e. The Morgan fingerprint density at radius 3 is 3.00 bits per heavy atom. The number of aromatic nitrogens is 2. The van der Waals surface area contributed by atoms with Crippen molar-refractivity contribution in [3.05, 3.63) is 30.8 Å². The molecule has 0 atom stereocenters. The third kappa shape index (κ3) is 3.05. The van der Waals surface area contributed by atoms with Crippen LogP contribution in [0.15, 0.2) is 35.2 Å². The normalized spacial score (nSPS) is 16.5. The van der Waals surface area contributed by atoms with E-state index in [0.29, 0.717) is 5.13 Å². The number of amides is 1. The molecule has 0 unspecified atom stereocenters. The summed E-state index contributed by atoms with van der Waals surface area (Å²) in [7, 11) is 2.09. The van der Waals surface area contributed by atoms with Crippen LogP contribution in [0.5, 0.6) is 0 Å². The summed E-state index contributed by atoms with van der Waals surface area (Å²) in [4.78, 5) is 24.1. The fourth-order valence-corrected chi connectivity index (χ4v) is 3.77. The summed E-state index contributed by atoms with van der Waals surface area (Å²) in [6, 6.07) is 5.85. The molecule has 6 nitrogen and oxygen atoms in total. The summed E-state index contributed by atoms with van der Waals surface area (Å²) in [5.41, 5.74) is 2.59. The monoisotopic (exact) mass is 342 g/mol. The van der Waals surface area contributed by atoms with Gasteiger partial charge in [0.15, 0.2) is 17.1 Å². The molecule has 2 aromatic heterocycles. The molecule has 0 aliphatic carbocycles. The van der Waals surface area contributed by atoms with E-state index in [4.69, 9.17) is 4.42 Å². The number of benzene rings is 1. The highest BCUT2D eigenvalue weighted by Gasteiger charge is 2.24. The second-order valence-electron chi connectivity index (χ2n) is 6.13. The second-order valence-corrected chi connectivity index (χ2v) is 7.16. The number of nitrogens with one attached hydrogen (secondary N) is 1. The molecule has 3 heterocycles. The molecule has 4 rings (SSSR count). The van der Waals surface area contributed by atoms with Crippen molar-refractivity contribution in [3.8, 4) is 10.4 Å². The lowest BCUT2D eigenvalue weighted by Gasteiger charge is -2.27. The molecule has 1 saturated heterocycles. The zero-order chi connectivity index (χ0) is 16.5. The van der Waals surface area contributed by atoms with Crippen molar-refractivity contribution < 1.29 is 9.21 Å². The number of likely N-dealkylation sites (tertiary alicyclic amines) is 1. The highest BCUT2D eigenvalue weighted by atomic mass is 32.1. The Bertz CT molecular complexity index is 864. The van der Waals surface area contributed by atoms with Gasteiger partial charge in [-0.3, -0.25) is 4.79 Å². The van der Waals surface area contributed by atoms with Gasteiger partial charge in [0.25, 0.3) is 0 Å². The second kappa shape index (κ2) is 6.33. The Hall–Kier alpha value is -2.25. The lowest BCUT2D eigenvalue weighted by Crippen LogP contribution is -2.35. The maximum Gasteiger partial charge on any atom is 0.229 e. The van der Waals surface area contributed by atoms with Crippen molar-refractivity contribution in [3.63, 3.8) is 0 Å². The molecular formula is C17H18N4O2S. The Balaban J connectivity index is 1.47. The molecule has 1 aliphatic heterocycles. The smallest absolute Gasteiger partial charge is 0.229 e. The fraction of sp³-hybridized carbons (Fsp3) is 0.353. The maximum atomic E-state index is 12.4. The molecule has 1 amide bonds. The van der Waals surface area contributed by atoms with Gasteiger partial charge in [-0.1, -0.05) is 17.4 Å². The number of oxazole rings is 1. The van der Waals surface area contributed by atoms with Gasteiger partial charge in [0.2, 0.25) is 5.91 Å². The highest BCUT2D eigenvalue weighted by molar-refractivity contribution is 7.19. The lowest BCUT2D eigenvalue weighted by molar-refractivity contribution is -0.121. The molecule has 1 fully saturated rings. The number of carbonyl (C=O) groups is 1. The molecule has 124 valence electrons. The minimum atomic E-state index is 0.0784. The van der Waals surface area contributed by atoms with E-state index in [9.17, 15) is 4.79 Å². The third-order valence-electron chi connectivity index (χ3n) is 4.44. The van der Waals surface area contributed by atoms with E-state index in [1.54, 1.807) is 6.20 Å².